The Labute approximate surface area is 71.7 Å². The molecular weight excluding hydrogens is 156 g/mol. The molecule has 1 aliphatic carbocycles. The van der Waals surface area contributed by atoms with Crippen molar-refractivity contribution in [3.05, 3.63) is 12.2 Å². The van der Waals surface area contributed by atoms with Crippen molar-refractivity contribution in [1.82, 2.24) is 0 Å². The van der Waals surface area contributed by atoms with Crippen LogP contribution in [0.15, 0.2) is 12.2 Å². The maximum absolute atomic E-state index is 10.5. The molecule has 1 fully saturated rings. The van der Waals surface area contributed by atoms with Crippen molar-refractivity contribution in [2.45, 2.75) is 37.7 Å². The summed E-state index contributed by atoms with van der Waals surface area (Å²) in [4.78, 5) is 10.5. The molecule has 0 spiro atoms. The molecule has 1 rings (SSSR count). The smallest absolute Gasteiger partial charge is 0.333 e. The van der Waals surface area contributed by atoms with Crippen molar-refractivity contribution >= 4 is 5.97 Å². The highest BCUT2D eigenvalue weighted by Crippen LogP contribution is 2.33. The third-order valence-corrected chi connectivity index (χ3v) is 2.50. The van der Waals surface area contributed by atoms with Gasteiger partial charge in [-0.2, -0.15) is 0 Å². The minimum atomic E-state index is -1.13. The van der Waals surface area contributed by atoms with Crippen molar-refractivity contribution in [3.8, 4) is 0 Å². The second-order valence-corrected chi connectivity index (χ2v) is 3.38. The highest BCUT2D eigenvalue weighted by atomic mass is 16.4. The van der Waals surface area contributed by atoms with E-state index in [-0.39, 0.29) is 5.57 Å². The molecule has 0 atom stereocenters. The molecule has 3 nitrogen and oxygen atoms in total. The van der Waals surface area contributed by atoms with E-state index < -0.39 is 11.6 Å². The largest absolute Gasteiger partial charge is 0.478 e. The molecule has 0 heterocycles. The van der Waals surface area contributed by atoms with Crippen molar-refractivity contribution < 1.29 is 15.0 Å². The Hall–Kier alpha value is -0.830. The van der Waals surface area contributed by atoms with Gasteiger partial charge in [-0.3, -0.25) is 0 Å². The van der Waals surface area contributed by atoms with Crippen LogP contribution in [-0.2, 0) is 4.79 Å². The molecule has 3 heteroatoms. The van der Waals surface area contributed by atoms with Crippen molar-refractivity contribution in [1.29, 1.82) is 0 Å². The molecule has 0 aromatic rings. The molecule has 0 saturated heterocycles. The lowest BCUT2D eigenvalue weighted by Crippen LogP contribution is -2.36. The zero-order chi connectivity index (χ0) is 9.19. The molecule has 68 valence electrons. The Balaban J connectivity index is 2.69. The number of carboxylic acids is 1. The van der Waals surface area contributed by atoms with Gasteiger partial charge >= 0.3 is 5.97 Å². The second kappa shape index (κ2) is 3.27. The van der Waals surface area contributed by atoms with E-state index in [2.05, 4.69) is 6.58 Å². The molecular formula is C9H14O3. The van der Waals surface area contributed by atoms with E-state index in [4.69, 9.17) is 5.11 Å². The van der Waals surface area contributed by atoms with E-state index in [0.29, 0.717) is 12.8 Å². The molecule has 1 saturated carbocycles. The fourth-order valence-electron chi connectivity index (χ4n) is 1.64. The molecule has 1 aliphatic rings. The Kier molecular flexibility index (Phi) is 2.52. The average Bonchev–Trinajstić information content (AvgIpc) is 2.04. The number of rotatable bonds is 2. The minimum Gasteiger partial charge on any atom is -0.478 e. The third-order valence-electron chi connectivity index (χ3n) is 2.50. The number of aliphatic hydroxyl groups is 1. The molecule has 0 aromatic heterocycles. The van der Waals surface area contributed by atoms with Crippen LogP contribution in [0, 0.1) is 0 Å². The maximum Gasteiger partial charge on any atom is 0.333 e. The molecule has 12 heavy (non-hydrogen) atoms. The first-order valence-electron chi connectivity index (χ1n) is 4.21. The molecule has 2 N–H and O–H groups in total. The summed E-state index contributed by atoms with van der Waals surface area (Å²) in [6.07, 6.45) is 3.94. The van der Waals surface area contributed by atoms with E-state index in [1.807, 2.05) is 0 Å². The van der Waals surface area contributed by atoms with Crippen LogP contribution in [0.3, 0.4) is 0 Å². The molecule has 0 aromatic carbocycles. The van der Waals surface area contributed by atoms with Crippen LogP contribution in [0.4, 0.5) is 0 Å². The van der Waals surface area contributed by atoms with Gasteiger partial charge in [0.05, 0.1) is 11.2 Å². The highest BCUT2D eigenvalue weighted by molar-refractivity contribution is 5.88. The number of hydrogen-bond acceptors (Lipinski definition) is 2. The van der Waals surface area contributed by atoms with Crippen molar-refractivity contribution in [2.24, 2.45) is 0 Å². The highest BCUT2D eigenvalue weighted by Gasteiger charge is 2.35. The van der Waals surface area contributed by atoms with Gasteiger partial charge in [-0.05, 0) is 12.8 Å². The summed E-state index contributed by atoms with van der Waals surface area (Å²) in [5, 5.41) is 18.5. The zero-order valence-electron chi connectivity index (χ0n) is 7.05. The van der Waals surface area contributed by atoms with Gasteiger partial charge in [-0.15, -0.1) is 0 Å². The van der Waals surface area contributed by atoms with Gasteiger partial charge in [0.2, 0.25) is 0 Å². The number of aliphatic carboxylic acids is 1. The molecule has 0 radical (unpaired) electrons. The fraction of sp³-hybridized carbons (Fsp3) is 0.667. The standard InChI is InChI=1S/C9H14O3/c1-7(8(10)11)9(12)5-3-2-4-6-9/h12H,1-6H2,(H,10,11). The Morgan fingerprint density at radius 1 is 1.25 bits per heavy atom. The van der Waals surface area contributed by atoms with Crippen LogP contribution < -0.4 is 0 Å². The Bertz CT molecular complexity index is 202. The van der Waals surface area contributed by atoms with Gasteiger partial charge in [0, 0.05) is 0 Å². The van der Waals surface area contributed by atoms with Crippen molar-refractivity contribution in [3.63, 3.8) is 0 Å². The van der Waals surface area contributed by atoms with Crippen LogP contribution in [-0.4, -0.2) is 21.8 Å². The normalized spacial score (nSPS) is 21.8. The SMILES string of the molecule is C=C(C(=O)O)C1(O)CCCCC1. The Morgan fingerprint density at radius 3 is 2.17 bits per heavy atom. The molecule has 0 aliphatic heterocycles. The summed E-state index contributed by atoms with van der Waals surface area (Å²) in [5.74, 6) is -1.08. The van der Waals surface area contributed by atoms with Gasteiger partial charge in [-0.1, -0.05) is 25.8 Å². The average molecular weight is 170 g/mol. The number of hydrogen-bond donors (Lipinski definition) is 2. The van der Waals surface area contributed by atoms with Crippen LogP contribution in [0.5, 0.6) is 0 Å². The molecule has 0 amide bonds. The van der Waals surface area contributed by atoms with Crippen LogP contribution >= 0.6 is 0 Å². The van der Waals surface area contributed by atoms with Gasteiger partial charge in [-0.25, -0.2) is 4.79 Å². The predicted octanol–water partition coefficient (Wildman–Crippen LogP) is 1.32. The summed E-state index contributed by atoms with van der Waals surface area (Å²) in [6, 6.07) is 0. The fourth-order valence-corrected chi connectivity index (χ4v) is 1.64. The third kappa shape index (κ3) is 1.67. The number of carboxylic acid groups (broad SMARTS) is 1. The quantitative estimate of drug-likeness (QED) is 0.614. The first-order valence-corrected chi connectivity index (χ1v) is 4.21. The lowest BCUT2D eigenvalue weighted by atomic mass is 9.80. The van der Waals surface area contributed by atoms with E-state index >= 15 is 0 Å². The molecule has 0 bridgehead atoms. The van der Waals surface area contributed by atoms with Crippen molar-refractivity contribution in [2.75, 3.05) is 0 Å². The summed E-state index contributed by atoms with van der Waals surface area (Å²) in [6.45, 7) is 3.40. The van der Waals surface area contributed by atoms with Gasteiger partial charge < -0.3 is 10.2 Å². The van der Waals surface area contributed by atoms with Crippen LogP contribution in [0.1, 0.15) is 32.1 Å². The van der Waals surface area contributed by atoms with E-state index in [1.54, 1.807) is 0 Å². The van der Waals surface area contributed by atoms with Gasteiger partial charge in [0.15, 0.2) is 0 Å². The van der Waals surface area contributed by atoms with Crippen LogP contribution in [0.25, 0.3) is 0 Å². The monoisotopic (exact) mass is 170 g/mol. The minimum absolute atomic E-state index is 0.0535. The second-order valence-electron chi connectivity index (χ2n) is 3.38. The van der Waals surface area contributed by atoms with E-state index in [1.165, 1.54) is 0 Å². The van der Waals surface area contributed by atoms with Crippen LogP contribution in [0.2, 0.25) is 0 Å². The van der Waals surface area contributed by atoms with E-state index in [0.717, 1.165) is 19.3 Å². The summed E-state index contributed by atoms with van der Waals surface area (Å²) in [7, 11) is 0. The molecule has 0 unspecified atom stereocenters. The zero-order valence-corrected chi connectivity index (χ0v) is 7.05. The summed E-state index contributed by atoms with van der Waals surface area (Å²) < 4.78 is 0. The topological polar surface area (TPSA) is 57.5 Å². The van der Waals surface area contributed by atoms with Gasteiger partial charge in [0.25, 0.3) is 0 Å². The van der Waals surface area contributed by atoms with Gasteiger partial charge in [0.1, 0.15) is 0 Å². The summed E-state index contributed by atoms with van der Waals surface area (Å²) in [5.41, 5.74) is -1.19. The summed E-state index contributed by atoms with van der Waals surface area (Å²) >= 11 is 0. The Morgan fingerprint density at radius 2 is 1.75 bits per heavy atom. The first kappa shape index (κ1) is 9.26. The number of carbonyl (C=O) groups is 1. The maximum atomic E-state index is 10.5. The predicted molar refractivity (Wildman–Crippen MR) is 44.8 cm³/mol. The first-order chi connectivity index (χ1) is 5.56. The lowest BCUT2D eigenvalue weighted by molar-refractivity contribution is -0.135. The van der Waals surface area contributed by atoms with E-state index in [9.17, 15) is 9.90 Å². The lowest BCUT2D eigenvalue weighted by Gasteiger charge is -2.31.